The van der Waals surface area contributed by atoms with Gasteiger partial charge in [-0.3, -0.25) is 0 Å². The third kappa shape index (κ3) is 1.71. The van der Waals surface area contributed by atoms with Crippen molar-refractivity contribution in [2.75, 3.05) is 14.2 Å². The lowest BCUT2D eigenvalue weighted by atomic mass is 11.5. The highest BCUT2D eigenvalue weighted by Gasteiger charge is 2.57. The van der Waals surface area contributed by atoms with E-state index in [1.807, 2.05) is 0 Å². The summed E-state index contributed by atoms with van der Waals surface area (Å²) in [6, 6.07) is 0. The second-order valence-electron chi connectivity index (χ2n) is 1.85. The Labute approximate surface area is 58.2 Å². The van der Waals surface area contributed by atoms with E-state index in [0.717, 1.165) is 20.8 Å². The van der Waals surface area contributed by atoms with Crippen LogP contribution in [0.25, 0.3) is 0 Å². The number of hydrogen-bond donors (Lipinski definition) is 0. The third-order valence-corrected chi connectivity index (χ3v) is 3.88. The zero-order valence-electron chi connectivity index (χ0n) is 5.95. The Hall–Kier alpha value is -0.0731. The summed E-state index contributed by atoms with van der Waals surface area (Å²) in [5, 5.41) is 0. The first kappa shape index (κ1) is 9.93. The first-order valence-corrected chi connectivity index (χ1v) is 4.86. The van der Waals surface area contributed by atoms with Crippen LogP contribution in [0.3, 0.4) is 0 Å². The Kier molecular flexibility index (Phi) is 2.87. The monoisotopic (exact) mass is 174 g/mol. The molecule has 0 aromatic rings. The molecule has 0 heterocycles. The zero-order chi connectivity index (χ0) is 8.41. The Morgan fingerprint density at radius 2 is 1.40 bits per heavy atom. The van der Waals surface area contributed by atoms with Crippen LogP contribution in [0.5, 0.6) is 0 Å². The van der Waals surface area contributed by atoms with Gasteiger partial charge in [0.1, 0.15) is 0 Å². The number of hydrogen-bond acceptors (Lipinski definition) is 2. The summed E-state index contributed by atoms with van der Waals surface area (Å²) < 4.78 is 44.2. The molecule has 2 nitrogen and oxygen atoms in total. The molecule has 0 saturated carbocycles. The average molecular weight is 174 g/mol. The van der Waals surface area contributed by atoms with Crippen LogP contribution < -0.4 is 0 Å². The average Bonchev–Trinajstić information content (AvgIpc) is 1.84. The lowest BCUT2D eigenvalue weighted by Crippen LogP contribution is -2.51. The third-order valence-electron chi connectivity index (χ3n) is 1.29. The van der Waals surface area contributed by atoms with Crippen molar-refractivity contribution in [3.63, 3.8) is 0 Å². The normalized spacial score (nSPS) is 13.8. The number of alkyl halides is 3. The second-order valence-corrected chi connectivity index (χ2v) is 5.13. The topological polar surface area (TPSA) is 18.5 Å². The minimum Gasteiger partial charge on any atom is -0.392 e. The van der Waals surface area contributed by atoms with Gasteiger partial charge in [0.25, 0.3) is 0 Å². The van der Waals surface area contributed by atoms with E-state index in [1.165, 1.54) is 0 Å². The van der Waals surface area contributed by atoms with Crippen LogP contribution in [0.4, 0.5) is 13.2 Å². The van der Waals surface area contributed by atoms with Crippen LogP contribution in [0.2, 0.25) is 6.55 Å². The smallest absolute Gasteiger partial charge is 0.392 e. The Bertz CT molecular complexity index is 110. The van der Waals surface area contributed by atoms with Crippen LogP contribution in [-0.4, -0.2) is 28.6 Å². The molecule has 10 heavy (non-hydrogen) atoms. The van der Waals surface area contributed by atoms with Crippen LogP contribution in [-0.2, 0) is 8.85 Å². The standard InChI is InChI=1S/C4H9F3O2Si/c1-8-10(3,9-2)4(5,6)7/h1-3H3. The summed E-state index contributed by atoms with van der Waals surface area (Å²) in [6.45, 7) is 0.951. The maximum absolute atomic E-state index is 11.9. The lowest BCUT2D eigenvalue weighted by molar-refractivity contribution is -0.0917. The van der Waals surface area contributed by atoms with Gasteiger partial charge in [-0.05, 0) is 6.55 Å². The highest BCUT2D eigenvalue weighted by atomic mass is 28.4. The summed E-state index contributed by atoms with van der Waals surface area (Å²) in [7, 11) is -1.89. The van der Waals surface area contributed by atoms with E-state index in [0.29, 0.717) is 0 Å². The van der Waals surface area contributed by atoms with Crippen molar-refractivity contribution in [3.8, 4) is 0 Å². The van der Waals surface area contributed by atoms with Gasteiger partial charge in [0, 0.05) is 14.2 Å². The largest absolute Gasteiger partial charge is 0.454 e. The van der Waals surface area contributed by atoms with Gasteiger partial charge < -0.3 is 8.85 Å². The van der Waals surface area contributed by atoms with Gasteiger partial charge in [0.05, 0.1) is 0 Å². The first-order chi connectivity index (χ1) is 4.37. The molecule has 0 aliphatic heterocycles. The van der Waals surface area contributed by atoms with Crippen molar-refractivity contribution in [2.24, 2.45) is 0 Å². The zero-order valence-corrected chi connectivity index (χ0v) is 6.95. The fourth-order valence-corrected chi connectivity index (χ4v) is 0.944. The van der Waals surface area contributed by atoms with E-state index in [2.05, 4.69) is 8.85 Å². The molecule has 0 aromatic carbocycles. The molecule has 0 radical (unpaired) electrons. The van der Waals surface area contributed by atoms with E-state index in [9.17, 15) is 13.2 Å². The van der Waals surface area contributed by atoms with Crippen molar-refractivity contribution in [1.29, 1.82) is 0 Å². The van der Waals surface area contributed by atoms with Gasteiger partial charge in [-0.1, -0.05) is 0 Å². The summed E-state index contributed by atoms with van der Waals surface area (Å²) in [5.41, 5.74) is 0. The lowest BCUT2D eigenvalue weighted by Gasteiger charge is -2.24. The van der Waals surface area contributed by atoms with Crippen LogP contribution >= 0.6 is 0 Å². The molecule has 0 atom stereocenters. The molecule has 0 amide bonds. The van der Waals surface area contributed by atoms with Crippen molar-refractivity contribution >= 4 is 8.56 Å². The predicted octanol–water partition coefficient (Wildman–Crippen LogP) is 1.45. The molecule has 0 bridgehead atoms. The molecule has 0 aliphatic rings. The molecule has 6 heteroatoms. The molecule has 0 saturated heterocycles. The maximum Gasteiger partial charge on any atom is 0.454 e. The van der Waals surface area contributed by atoms with E-state index in [-0.39, 0.29) is 0 Å². The summed E-state index contributed by atoms with van der Waals surface area (Å²) in [4.78, 5) is 0. The first-order valence-electron chi connectivity index (χ1n) is 2.54. The van der Waals surface area contributed by atoms with Crippen molar-refractivity contribution in [3.05, 3.63) is 0 Å². The molecular formula is C4H9F3O2Si. The minimum atomic E-state index is -4.35. The highest BCUT2D eigenvalue weighted by Crippen LogP contribution is 2.28. The molecule has 0 aliphatic carbocycles. The summed E-state index contributed by atoms with van der Waals surface area (Å²) >= 11 is 0. The van der Waals surface area contributed by atoms with E-state index < -0.39 is 14.4 Å². The van der Waals surface area contributed by atoms with Crippen molar-refractivity contribution in [2.45, 2.75) is 12.3 Å². The number of halogens is 3. The summed E-state index contributed by atoms with van der Waals surface area (Å²) in [6.07, 6.45) is 0. The molecule has 0 unspecified atom stereocenters. The van der Waals surface area contributed by atoms with Gasteiger partial charge in [0.15, 0.2) is 0 Å². The molecule has 0 spiro atoms. The van der Waals surface area contributed by atoms with E-state index >= 15 is 0 Å². The fraction of sp³-hybridized carbons (Fsp3) is 1.00. The van der Waals surface area contributed by atoms with Gasteiger partial charge >= 0.3 is 14.4 Å². The molecule has 0 N–H and O–H groups in total. The highest BCUT2D eigenvalue weighted by molar-refractivity contribution is 6.68. The summed E-state index contributed by atoms with van der Waals surface area (Å²) in [5.74, 6) is -4.35. The molecule has 0 fully saturated rings. The van der Waals surface area contributed by atoms with E-state index in [4.69, 9.17) is 0 Å². The van der Waals surface area contributed by atoms with Gasteiger partial charge in [-0.2, -0.15) is 13.2 Å². The van der Waals surface area contributed by atoms with Crippen molar-refractivity contribution < 1.29 is 22.0 Å². The molecular weight excluding hydrogens is 165 g/mol. The van der Waals surface area contributed by atoms with Crippen LogP contribution in [0.1, 0.15) is 0 Å². The Morgan fingerprint density at radius 3 is 1.40 bits per heavy atom. The Balaban J connectivity index is 4.33. The van der Waals surface area contributed by atoms with E-state index in [1.54, 1.807) is 0 Å². The van der Waals surface area contributed by atoms with Gasteiger partial charge in [-0.25, -0.2) is 0 Å². The number of rotatable bonds is 2. The molecule has 0 rings (SSSR count). The quantitative estimate of drug-likeness (QED) is 0.590. The van der Waals surface area contributed by atoms with Gasteiger partial charge in [0.2, 0.25) is 0 Å². The predicted molar refractivity (Wildman–Crippen MR) is 31.7 cm³/mol. The second kappa shape index (κ2) is 2.89. The molecule has 62 valence electrons. The SMILES string of the molecule is CO[Si](C)(OC)C(F)(F)F. The molecule has 0 aromatic heterocycles. The maximum atomic E-state index is 11.9. The Morgan fingerprint density at radius 1 is 1.10 bits per heavy atom. The van der Waals surface area contributed by atoms with Gasteiger partial charge in [-0.15, -0.1) is 0 Å². The van der Waals surface area contributed by atoms with Crippen LogP contribution in [0.15, 0.2) is 0 Å². The van der Waals surface area contributed by atoms with Crippen LogP contribution in [0, 0.1) is 0 Å². The fourth-order valence-electron chi connectivity index (χ4n) is 0.315. The minimum absolute atomic E-state index is 0.951. The van der Waals surface area contributed by atoms with Crippen molar-refractivity contribution in [1.82, 2.24) is 0 Å².